The first kappa shape index (κ1) is 18.4. The molecule has 1 aromatic carbocycles. The van der Waals surface area contributed by atoms with E-state index in [0.717, 1.165) is 17.9 Å². The Morgan fingerprint density at radius 3 is 2.22 bits per heavy atom. The molecule has 1 saturated carbocycles. The molecule has 1 aromatic rings. The molecule has 2 amide bonds. The molecule has 3 aliphatic rings. The van der Waals surface area contributed by atoms with Crippen LogP contribution in [0.2, 0.25) is 0 Å². The standard InChI is InChI=1S/C21H30N4O2/c1-21(2,16-6-4-3-5-7-16)20(27)25-12-10-24(11-13-25)19(26)18-14-17(22-23-18)15-8-9-15/h3-7,15,17-18,22-23H,8-14H2,1-2H3. The number of hydrogen-bond acceptors (Lipinski definition) is 4. The molecule has 0 bridgehead atoms. The van der Waals surface area contributed by atoms with Crippen molar-refractivity contribution in [2.45, 2.75) is 50.6 Å². The average Bonchev–Trinajstić information content (AvgIpc) is 3.44. The number of amides is 2. The number of rotatable bonds is 4. The largest absolute Gasteiger partial charge is 0.338 e. The van der Waals surface area contributed by atoms with Crippen molar-refractivity contribution in [2.24, 2.45) is 5.92 Å². The Kier molecular flexibility index (Phi) is 4.95. The predicted molar refractivity (Wildman–Crippen MR) is 104 cm³/mol. The van der Waals surface area contributed by atoms with Crippen LogP contribution in [0.5, 0.6) is 0 Å². The van der Waals surface area contributed by atoms with E-state index in [1.54, 1.807) is 0 Å². The van der Waals surface area contributed by atoms with Crippen molar-refractivity contribution in [3.05, 3.63) is 35.9 Å². The Morgan fingerprint density at radius 2 is 1.59 bits per heavy atom. The van der Waals surface area contributed by atoms with Crippen LogP contribution in [0.3, 0.4) is 0 Å². The molecule has 2 N–H and O–H groups in total. The van der Waals surface area contributed by atoms with Gasteiger partial charge in [-0.1, -0.05) is 30.3 Å². The van der Waals surface area contributed by atoms with E-state index in [4.69, 9.17) is 0 Å². The number of nitrogens with one attached hydrogen (secondary N) is 2. The highest BCUT2D eigenvalue weighted by atomic mass is 16.2. The van der Waals surface area contributed by atoms with Gasteiger partial charge in [0.05, 0.1) is 5.41 Å². The lowest BCUT2D eigenvalue weighted by Crippen LogP contribution is -2.57. The summed E-state index contributed by atoms with van der Waals surface area (Å²) in [5.41, 5.74) is 6.95. The van der Waals surface area contributed by atoms with Gasteiger partial charge in [0.1, 0.15) is 6.04 Å². The minimum atomic E-state index is -0.554. The van der Waals surface area contributed by atoms with E-state index in [1.807, 2.05) is 54.0 Å². The van der Waals surface area contributed by atoms with Crippen molar-refractivity contribution in [3.8, 4) is 0 Å². The van der Waals surface area contributed by atoms with Crippen LogP contribution in [-0.2, 0) is 15.0 Å². The van der Waals surface area contributed by atoms with Crippen LogP contribution in [0.1, 0.15) is 38.7 Å². The van der Waals surface area contributed by atoms with E-state index in [1.165, 1.54) is 12.8 Å². The zero-order chi connectivity index (χ0) is 19.0. The first-order chi connectivity index (χ1) is 13.0. The summed E-state index contributed by atoms with van der Waals surface area (Å²) in [6, 6.07) is 10.2. The normalized spacial score (nSPS) is 26.3. The number of carbonyl (C=O) groups excluding carboxylic acids is 2. The average molecular weight is 370 g/mol. The zero-order valence-electron chi connectivity index (χ0n) is 16.3. The SMILES string of the molecule is CC(C)(C(=O)N1CCN(C(=O)C2CC(C3CC3)NN2)CC1)c1ccccc1. The molecule has 4 rings (SSSR count). The summed E-state index contributed by atoms with van der Waals surface area (Å²) in [6.07, 6.45) is 3.43. The second-order valence-corrected chi connectivity index (χ2v) is 8.63. The summed E-state index contributed by atoms with van der Waals surface area (Å²) >= 11 is 0. The maximum absolute atomic E-state index is 13.1. The summed E-state index contributed by atoms with van der Waals surface area (Å²) < 4.78 is 0. The fourth-order valence-electron chi connectivity index (χ4n) is 4.27. The molecular formula is C21H30N4O2. The lowest BCUT2D eigenvalue weighted by atomic mass is 9.83. The maximum atomic E-state index is 13.1. The van der Waals surface area contributed by atoms with E-state index in [2.05, 4.69) is 10.9 Å². The summed E-state index contributed by atoms with van der Waals surface area (Å²) in [5, 5.41) is 0. The molecule has 146 valence electrons. The quantitative estimate of drug-likeness (QED) is 0.838. The number of nitrogens with zero attached hydrogens (tertiary/aromatic N) is 2. The highest BCUT2D eigenvalue weighted by molar-refractivity contribution is 5.88. The van der Waals surface area contributed by atoms with Crippen molar-refractivity contribution in [1.29, 1.82) is 0 Å². The van der Waals surface area contributed by atoms with Gasteiger partial charge in [-0.2, -0.15) is 0 Å². The van der Waals surface area contributed by atoms with Crippen molar-refractivity contribution in [1.82, 2.24) is 20.7 Å². The van der Waals surface area contributed by atoms with Gasteiger partial charge >= 0.3 is 0 Å². The lowest BCUT2D eigenvalue weighted by molar-refractivity contribution is -0.143. The smallest absolute Gasteiger partial charge is 0.241 e. The molecule has 2 aliphatic heterocycles. The second-order valence-electron chi connectivity index (χ2n) is 8.63. The van der Waals surface area contributed by atoms with Gasteiger partial charge in [-0.15, -0.1) is 0 Å². The molecule has 2 unspecified atom stereocenters. The highest BCUT2D eigenvalue weighted by Crippen LogP contribution is 2.35. The Balaban J connectivity index is 1.32. The summed E-state index contributed by atoms with van der Waals surface area (Å²) in [4.78, 5) is 29.7. The number of piperazine rings is 1. The first-order valence-electron chi connectivity index (χ1n) is 10.1. The van der Waals surface area contributed by atoms with Crippen molar-refractivity contribution >= 4 is 11.8 Å². The lowest BCUT2D eigenvalue weighted by Gasteiger charge is -2.39. The van der Waals surface area contributed by atoms with E-state index in [9.17, 15) is 9.59 Å². The number of carbonyl (C=O) groups is 2. The third kappa shape index (κ3) is 3.73. The van der Waals surface area contributed by atoms with Gasteiger partial charge in [-0.05, 0) is 44.6 Å². The van der Waals surface area contributed by atoms with Gasteiger partial charge in [0.2, 0.25) is 11.8 Å². The molecule has 0 radical (unpaired) electrons. The third-order valence-electron chi connectivity index (χ3n) is 6.33. The minimum Gasteiger partial charge on any atom is -0.338 e. The Hall–Kier alpha value is -1.92. The van der Waals surface area contributed by atoms with Gasteiger partial charge in [0, 0.05) is 32.2 Å². The molecule has 27 heavy (non-hydrogen) atoms. The van der Waals surface area contributed by atoms with E-state index in [-0.39, 0.29) is 17.9 Å². The van der Waals surface area contributed by atoms with Gasteiger partial charge < -0.3 is 9.80 Å². The van der Waals surface area contributed by atoms with Gasteiger partial charge in [-0.3, -0.25) is 15.0 Å². The third-order valence-corrected chi connectivity index (χ3v) is 6.33. The summed E-state index contributed by atoms with van der Waals surface area (Å²) in [5.74, 6) is 1.04. The zero-order valence-corrected chi connectivity index (χ0v) is 16.3. The number of benzene rings is 1. The first-order valence-corrected chi connectivity index (χ1v) is 10.1. The summed E-state index contributed by atoms with van der Waals surface area (Å²) in [6.45, 7) is 6.40. The molecule has 0 spiro atoms. The van der Waals surface area contributed by atoms with Crippen LogP contribution in [0.25, 0.3) is 0 Å². The molecule has 2 atom stereocenters. The summed E-state index contributed by atoms with van der Waals surface area (Å²) in [7, 11) is 0. The minimum absolute atomic E-state index is 0.126. The van der Waals surface area contributed by atoms with Crippen molar-refractivity contribution in [3.63, 3.8) is 0 Å². The van der Waals surface area contributed by atoms with Crippen LogP contribution in [0, 0.1) is 5.92 Å². The van der Waals surface area contributed by atoms with E-state index >= 15 is 0 Å². The Labute approximate surface area is 161 Å². The van der Waals surface area contributed by atoms with Gasteiger partial charge in [-0.25, -0.2) is 5.43 Å². The molecule has 0 aromatic heterocycles. The molecule has 6 heteroatoms. The molecule has 2 heterocycles. The fourth-order valence-corrected chi connectivity index (χ4v) is 4.27. The van der Waals surface area contributed by atoms with Gasteiger partial charge in [0.25, 0.3) is 0 Å². The molecule has 6 nitrogen and oxygen atoms in total. The van der Waals surface area contributed by atoms with Gasteiger partial charge in [0.15, 0.2) is 0 Å². The van der Waals surface area contributed by atoms with Crippen molar-refractivity contribution in [2.75, 3.05) is 26.2 Å². The molecule has 1 aliphatic carbocycles. The molecular weight excluding hydrogens is 340 g/mol. The van der Waals surface area contributed by atoms with Crippen LogP contribution >= 0.6 is 0 Å². The number of hydrogen-bond donors (Lipinski definition) is 2. The van der Waals surface area contributed by atoms with Crippen LogP contribution in [-0.4, -0.2) is 59.9 Å². The highest BCUT2D eigenvalue weighted by Gasteiger charge is 2.41. The number of hydrazine groups is 1. The Morgan fingerprint density at radius 1 is 0.963 bits per heavy atom. The van der Waals surface area contributed by atoms with Crippen LogP contribution in [0.15, 0.2) is 30.3 Å². The van der Waals surface area contributed by atoms with Crippen LogP contribution < -0.4 is 10.9 Å². The van der Waals surface area contributed by atoms with Crippen LogP contribution in [0.4, 0.5) is 0 Å². The van der Waals surface area contributed by atoms with E-state index in [0.29, 0.717) is 32.2 Å². The monoisotopic (exact) mass is 370 g/mol. The predicted octanol–water partition coefficient (Wildman–Crippen LogP) is 1.28. The Bertz CT molecular complexity index is 693. The topological polar surface area (TPSA) is 64.7 Å². The molecule has 2 saturated heterocycles. The van der Waals surface area contributed by atoms with E-state index < -0.39 is 5.41 Å². The fraction of sp³-hybridized carbons (Fsp3) is 0.619. The molecule has 3 fully saturated rings. The maximum Gasteiger partial charge on any atom is 0.241 e. The van der Waals surface area contributed by atoms with Crippen molar-refractivity contribution < 1.29 is 9.59 Å². The second kappa shape index (κ2) is 7.24.